The number of carbonyl (C=O) groups is 1. The Kier molecular flexibility index (Phi) is 3.63. The zero-order valence-corrected chi connectivity index (χ0v) is 9.67. The van der Waals surface area contributed by atoms with E-state index in [9.17, 15) is 4.79 Å². The zero-order chi connectivity index (χ0) is 12.1. The predicted octanol–water partition coefficient (Wildman–Crippen LogP) is 0.978. The molecule has 1 aliphatic heterocycles. The number of anilines is 1. The Morgan fingerprint density at radius 1 is 1.53 bits per heavy atom. The van der Waals surface area contributed by atoms with Gasteiger partial charge in [-0.25, -0.2) is 0 Å². The molecule has 1 aromatic rings. The van der Waals surface area contributed by atoms with Gasteiger partial charge in [0, 0.05) is 18.5 Å². The van der Waals surface area contributed by atoms with Gasteiger partial charge in [0.2, 0.25) is 0 Å². The molecule has 88 valence electrons. The highest BCUT2D eigenvalue weighted by Crippen LogP contribution is 2.28. The standard InChI is InChI=1S/C13H14N2O2/c1-14-7-3-2-4-10-5-6-11-12(8-10)17-9-13(16)15-11/h5-6,8,14H,3,7,9H2,1H3,(H,15,16). The van der Waals surface area contributed by atoms with Crippen molar-refractivity contribution >= 4 is 11.6 Å². The van der Waals surface area contributed by atoms with Gasteiger partial charge < -0.3 is 15.4 Å². The SMILES string of the molecule is CNCCC#Cc1ccc2c(c1)OCC(=O)N2. The summed E-state index contributed by atoms with van der Waals surface area (Å²) in [6, 6.07) is 5.54. The van der Waals surface area contributed by atoms with Crippen LogP contribution in [-0.2, 0) is 4.79 Å². The van der Waals surface area contributed by atoms with E-state index in [1.807, 2.05) is 25.2 Å². The van der Waals surface area contributed by atoms with Gasteiger partial charge in [-0.1, -0.05) is 11.8 Å². The summed E-state index contributed by atoms with van der Waals surface area (Å²) in [7, 11) is 1.90. The second-order valence-corrected chi connectivity index (χ2v) is 3.70. The third kappa shape index (κ3) is 2.99. The quantitative estimate of drug-likeness (QED) is 0.588. The van der Waals surface area contributed by atoms with E-state index >= 15 is 0 Å². The Morgan fingerprint density at radius 2 is 2.41 bits per heavy atom. The Labute approximate surface area is 100 Å². The fourth-order valence-electron chi connectivity index (χ4n) is 1.50. The van der Waals surface area contributed by atoms with Gasteiger partial charge in [-0.3, -0.25) is 4.79 Å². The van der Waals surface area contributed by atoms with Gasteiger partial charge in [-0.05, 0) is 25.2 Å². The van der Waals surface area contributed by atoms with Gasteiger partial charge >= 0.3 is 0 Å². The average Bonchev–Trinajstić information content (AvgIpc) is 2.35. The van der Waals surface area contributed by atoms with Crippen LogP contribution in [0.5, 0.6) is 5.75 Å². The summed E-state index contributed by atoms with van der Waals surface area (Å²) in [5, 5.41) is 5.78. The van der Waals surface area contributed by atoms with Crippen LogP contribution in [-0.4, -0.2) is 26.1 Å². The highest BCUT2D eigenvalue weighted by Gasteiger charge is 2.15. The van der Waals surface area contributed by atoms with Crippen molar-refractivity contribution in [1.29, 1.82) is 0 Å². The van der Waals surface area contributed by atoms with Gasteiger partial charge in [0.1, 0.15) is 5.75 Å². The first kappa shape index (κ1) is 11.5. The first-order chi connectivity index (χ1) is 8.29. The van der Waals surface area contributed by atoms with E-state index in [2.05, 4.69) is 22.5 Å². The molecule has 0 aromatic heterocycles. The number of nitrogens with one attached hydrogen (secondary N) is 2. The lowest BCUT2D eigenvalue weighted by Gasteiger charge is -2.17. The molecule has 1 heterocycles. The van der Waals surface area contributed by atoms with Crippen molar-refractivity contribution in [2.24, 2.45) is 0 Å². The molecule has 0 fully saturated rings. The van der Waals surface area contributed by atoms with Gasteiger partial charge in [-0.15, -0.1) is 0 Å². The zero-order valence-electron chi connectivity index (χ0n) is 9.67. The second-order valence-electron chi connectivity index (χ2n) is 3.70. The van der Waals surface area contributed by atoms with Crippen LogP contribution in [0.2, 0.25) is 0 Å². The molecule has 2 N–H and O–H groups in total. The molecule has 0 spiro atoms. The molecule has 0 atom stereocenters. The number of benzene rings is 1. The Bertz CT molecular complexity index is 486. The minimum absolute atomic E-state index is 0.0731. The van der Waals surface area contributed by atoms with Crippen molar-refractivity contribution in [3.05, 3.63) is 23.8 Å². The molecule has 0 unspecified atom stereocenters. The van der Waals surface area contributed by atoms with E-state index in [4.69, 9.17) is 4.74 Å². The maximum Gasteiger partial charge on any atom is 0.262 e. The molecule has 4 heteroatoms. The fraction of sp³-hybridized carbons (Fsp3) is 0.308. The van der Waals surface area contributed by atoms with Gasteiger partial charge in [0.25, 0.3) is 5.91 Å². The number of hydrogen-bond donors (Lipinski definition) is 2. The number of fused-ring (bicyclic) bond motifs is 1. The Morgan fingerprint density at radius 3 is 3.24 bits per heavy atom. The first-order valence-corrected chi connectivity index (χ1v) is 5.50. The van der Waals surface area contributed by atoms with Crippen molar-refractivity contribution in [2.75, 3.05) is 25.5 Å². The molecule has 2 rings (SSSR count). The second kappa shape index (κ2) is 5.37. The highest BCUT2D eigenvalue weighted by molar-refractivity contribution is 5.95. The van der Waals surface area contributed by atoms with Crippen molar-refractivity contribution in [3.8, 4) is 17.6 Å². The fourth-order valence-corrected chi connectivity index (χ4v) is 1.50. The monoisotopic (exact) mass is 230 g/mol. The summed E-state index contributed by atoms with van der Waals surface area (Å²) >= 11 is 0. The molecule has 1 amide bonds. The molecule has 17 heavy (non-hydrogen) atoms. The van der Waals surface area contributed by atoms with Crippen molar-refractivity contribution < 1.29 is 9.53 Å². The number of rotatable bonds is 2. The van der Waals surface area contributed by atoms with Crippen molar-refractivity contribution in [2.45, 2.75) is 6.42 Å². The van der Waals surface area contributed by atoms with Crippen LogP contribution in [0.1, 0.15) is 12.0 Å². The smallest absolute Gasteiger partial charge is 0.262 e. The van der Waals surface area contributed by atoms with Gasteiger partial charge in [-0.2, -0.15) is 0 Å². The normalized spacial score (nSPS) is 12.9. The van der Waals surface area contributed by atoms with Crippen LogP contribution < -0.4 is 15.4 Å². The molecular formula is C13H14N2O2. The van der Waals surface area contributed by atoms with E-state index < -0.39 is 0 Å². The number of amides is 1. The third-order valence-electron chi connectivity index (χ3n) is 2.35. The topological polar surface area (TPSA) is 50.4 Å². The largest absolute Gasteiger partial charge is 0.482 e. The maximum atomic E-state index is 11.1. The predicted molar refractivity (Wildman–Crippen MR) is 66.0 cm³/mol. The molecule has 4 nitrogen and oxygen atoms in total. The van der Waals surface area contributed by atoms with Crippen molar-refractivity contribution in [1.82, 2.24) is 5.32 Å². The van der Waals surface area contributed by atoms with Gasteiger partial charge in [0.05, 0.1) is 5.69 Å². The van der Waals surface area contributed by atoms with E-state index in [1.165, 1.54) is 0 Å². The maximum absolute atomic E-state index is 11.1. The lowest BCUT2D eigenvalue weighted by molar-refractivity contribution is -0.118. The van der Waals surface area contributed by atoms with E-state index in [0.29, 0.717) is 11.4 Å². The van der Waals surface area contributed by atoms with Crippen LogP contribution in [0, 0.1) is 11.8 Å². The molecule has 0 radical (unpaired) electrons. The lowest BCUT2D eigenvalue weighted by Crippen LogP contribution is -2.25. The highest BCUT2D eigenvalue weighted by atomic mass is 16.5. The molecule has 0 bridgehead atoms. The van der Waals surface area contributed by atoms with Gasteiger partial charge in [0.15, 0.2) is 6.61 Å². The van der Waals surface area contributed by atoms with Crippen molar-refractivity contribution in [3.63, 3.8) is 0 Å². The lowest BCUT2D eigenvalue weighted by atomic mass is 10.1. The average molecular weight is 230 g/mol. The minimum Gasteiger partial charge on any atom is -0.482 e. The first-order valence-electron chi connectivity index (χ1n) is 5.50. The minimum atomic E-state index is -0.120. The summed E-state index contributed by atoms with van der Waals surface area (Å²) in [5.74, 6) is 6.69. The van der Waals surface area contributed by atoms with Crippen LogP contribution in [0.4, 0.5) is 5.69 Å². The van der Waals surface area contributed by atoms with E-state index in [0.717, 1.165) is 18.5 Å². The molecular weight excluding hydrogens is 216 g/mol. The number of ether oxygens (including phenoxy) is 1. The number of carbonyl (C=O) groups excluding carboxylic acids is 1. The molecule has 1 aromatic carbocycles. The van der Waals surface area contributed by atoms with Crippen LogP contribution in [0.15, 0.2) is 18.2 Å². The van der Waals surface area contributed by atoms with E-state index in [-0.39, 0.29) is 12.5 Å². The molecule has 1 aliphatic rings. The summed E-state index contributed by atoms with van der Waals surface area (Å²) < 4.78 is 5.31. The third-order valence-corrected chi connectivity index (χ3v) is 2.35. The van der Waals surface area contributed by atoms with Crippen LogP contribution in [0.3, 0.4) is 0 Å². The van der Waals surface area contributed by atoms with E-state index in [1.54, 1.807) is 0 Å². The summed E-state index contributed by atoms with van der Waals surface area (Å²) in [6.45, 7) is 0.953. The summed E-state index contributed by atoms with van der Waals surface area (Å²) in [6.07, 6.45) is 0.811. The molecule has 0 saturated heterocycles. The van der Waals surface area contributed by atoms with Crippen LogP contribution >= 0.6 is 0 Å². The Hall–Kier alpha value is -1.99. The summed E-state index contributed by atoms with van der Waals surface area (Å²) in [4.78, 5) is 11.1. The number of hydrogen-bond acceptors (Lipinski definition) is 3. The molecule has 0 aliphatic carbocycles. The molecule has 0 saturated carbocycles. The Balaban J connectivity index is 2.10. The summed E-state index contributed by atoms with van der Waals surface area (Å²) in [5.41, 5.74) is 1.61. The van der Waals surface area contributed by atoms with Crippen LogP contribution in [0.25, 0.3) is 0 Å².